The zero-order valence-corrected chi connectivity index (χ0v) is 8.28. The van der Waals surface area contributed by atoms with Crippen molar-refractivity contribution in [3.8, 4) is 0 Å². The Kier molecular flexibility index (Phi) is 2.32. The van der Waals surface area contributed by atoms with Crippen LogP contribution in [0.1, 0.15) is 20.3 Å². The molecule has 2 saturated heterocycles. The third-order valence-corrected chi connectivity index (χ3v) is 2.41. The van der Waals surface area contributed by atoms with Crippen LogP contribution in [-0.4, -0.2) is 38.0 Å². The Labute approximate surface area is 78.1 Å². The van der Waals surface area contributed by atoms with E-state index < -0.39 is 5.79 Å². The Bertz CT molecular complexity index is 192. The van der Waals surface area contributed by atoms with Crippen LogP contribution in [-0.2, 0) is 18.9 Å². The third kappa shape index (κ3) is 1.72. The fourth-order valence-electron chi connectivity index (χ4n) is 1.91. The van der Waals surface area contributed by atoms with Gasteiger partial charge in [-0.3, -0.25) is 0 Å². The molecule has 0 aromatic heterocycles. The molecule has 0 radical (unpaired) electrons. The van der Waals surface area contributed by atoms with Gasteiger partial charge in [-0.2, -0.15) is 0 Å². The van der Waals surface area contributed by atoms with Crippen LogP contribution < -0.4 is 0 Å². The van der Waals surface area contributed by atoms with E-state index in [2.05, 4.69) is 0 Å². The molecule has 2 aliphatic rings. The summed E-state index contributed by atoms with van der Waals surface area (Å²) >= 11 is 0. The zero-order valence-electron chi connectivity index (χ0n) is 8.28. The molecule has 13 heavy (non-hydrogen) atoms. The lowest BCUT2D eigenvalue weighted by Gasteiger charge is -2.29. The number of ether oxygens (including phenoxy) is 4. The average molecular weight is 188 g/mol. The summed E-state index contributed by atoms with van der Waals surface area (Å²) in [5.41, 5.74) is 0. The van der Waals surface area contributed by atoms with Gasteiger partial charge in [0.05, 0.1) is 12.7 Å². The number of hydrogen-bond donors (Lipinski definition) is 0. The summed E-state index contributed by atoms with van der Waals surface area (Å²) in [5.74, 6) is -0.500. The normalized spacial score (nSPS) is 43.2. The lowest BCUT2D eigenvalue weighted by molar-refractivity contribution is -0.219. The maximum atomic E-state index is 5.70. The second-order valence-electron chi connectivity index (χ2n) is 3.90. The maximum Gasteiger partial charge on any atom is 0.186 e. The first-order valence-electron chi connectivity index (χ1n) is 4.62. The van der Waals surface area contributed by atoms with Crippen molar-refractivity contribution in [1.82, 2.24) is 0 Å². The zero-order chi connectivity index (χ0) is 9.47. The minimum absolute atomic E-state index is 0.0752. The fourth-order valence-corrected chi connectivity index (χ4v) is 1.91. The van der Waals surface area contributed by atoms with E-state index in [-0.39, 0.29) is 18.5 Å². The van der Waals surface area contributed by atoms with Crippen LogP contribution >= 0.6 is 0 Å². The Morgan fingerprint density at radius 1 is 1.31 bits per heavy atom. The largest absolute Gasteiger partial charge is 0.353 e. The van der Waals surface area contributed by atoms with Crippen LogP contribution in [0, 0.1) is 0 Å². The molecule has 2 aliphatic heterocycles. The lowest BCUT2D eigenvalue weighted by atomic mass is 10.1. The summed E-state index contributed by atoms with van der Waals surface area (Å²) in [6, 6.07) is 0. The Morgan fingerprint density at radius 3 is 2.77 bits per heavy atom. The van der Waals surface area contributed by atoms with Gasteiger partial charge < -0.3 is 18.9 Å². The Balaban J connectivity index is 2.08. The Morgan fingerprint density at radius 2 is 2.08 bits per heavy atom. The molecule has 2 heterocycles. The molecular weight excluding hydrogens is 172 g/mol. The van der Waals surface area contributed by atoms with E-state index in [1.165, 1.54) is 0 Å². The smallest absolute Gasteiger partial charge is 0.186 e. The molecule has 0 bridgehead atoms. The van der Waals surface area contributed by atoms with E-state index in [0.29, 0.717) is 6.61 Å². The molecule has 0 saturated carbocycles. The summed E-state index contributed by atoms with van der Waals surface area (Å²) in [6.07, 6.45) is 0.650. The summed E-state index contributed by atoms with van der Waals surface area (Å²) in [4.78, 5) is 0. The highest BCUT2D eigenvalue weighted by Gasteiger charge is 2.47. The Hall–Kier alpha value is -0.160. The molecule has 3 atom stereocenters. The molecule has 4 nitrogen and oxygen atoms in total. The van der Waals surface area contributed by atoms with Crippen molar-refractivity contribution in [1.29, 1.82) is 0 Å². The fraction of sp³-hybridized carbons (Fsp3) is 1.00. The van der Waals surface area contributed by atoms with E-state index in [9.17, 15) is 0 Å². The van der Waals surface area contributed by atoms with Gasteiger partial charge in [0.2, 0.25) is 0 Å². The van der Waals surface area contributed by atoms with Crippen LogP contribution in [0.15, 0.2) is 0 Å². The second kappa shape index (κ2) is 3.20. The van der Waals surface area contributed by atoms with E-state index in [1.807, 2.05) is 13.8 Å². The lowest BCUT2D eigenvalue weighted by Crippen LogP contribution is -2.43. The molecule has 0 aromatic rings. The molecule has 0 spiro atoms. The first-order chi connectivity index (χ1) is 6.12. The number of rotatable bonds is 1. The third-order valence-electron chi connectivity index (χ3n) is 2.41. The van der Waals surface area contributed by atoms with Crippen molar-refractivity contribution in [3.63, 3.8) is 0 Å². The quantitative estimate of drug-likeness (QED) is 0.612. The molecule has 0 amide bonds. The highest BCUT2D eigenvalue weighted by atomic mass is 16.8. The van der Waals surface area contributed by atoms with E-state index in [0.717, 1.165) is 6.42 Å². The van der Waals surface area contributed by atoms with Gasteiger partial charge in [0, 0.05) is 7.11 Å². The van der Waals surface area contributed by atoms with Gasteiger partial charge in [0.1, 0.15) is 6.10 Å². The van der Waals surface area contributed by atoms with Crippen LogP contribution in [0.25, 0.3) is 0 Å². The van der Waals surface area contributed by atoms with E-state index in [4.69, 9.17) is 18.9 Å². The predicted octanol–water partition coefficient (Wildman–Crippen LogP) is 0.899. The topological polar surface area (TPSA) is 36.9 Å². The first-order valence-corrected chi connectivity index (χ1v) is 4.62. The van der Waals surface area contributed by atoms with Crippen LogP contribution in [0.2, 0.25) is 0 Å². The predicted molar refractivity (Wildman–Crippen MR) is 45.2 cm³/mol. The van der Waals surface area contributed by atoms with Gasteiger partial charge >= 0.3 is 0 Å². The van der Waals surface area contributed by atoms with Crippen LogP contribution in [0.4, 0.5) is 0 Å². The number of fused-ring (bicyclic) bond motifs is 1. The van der Waals surface area contributed by atoms with Gasteiger partial charge in [0.15, 0.2) is 12.1 Å². The summed E-state index contributed by atoms with van der Waals surface area (Å²) in [6.45, 7) is 4.51. The summed E-state index contributed by atoms with van der Waals surface area (Å²) in [5, 5.41) is 0. The molecule has 0 unspecified atom stereocenters. The van der Waals surface area contributed by atoms with Gasteiger partial charge in [-0.15, -0.1) is 0 Å². The van der Waals surface area contributed by atoms with Crippen molar-refractivity contribution < 1.29 is 18.9 Å². The van der Waals surface area contributed by atoms with Crippen LogP contribution in [0.5, 0.6) is 0 Å². The van der Waals surface area contributed by atoms with Gasteiger partial charge in [-0.1, -0.05) is 0 Å². The molecule has 2 fully saturated rings. The van der Waals surface area contributed by atoms with Crippen LogP contribution in [0.3, 0.4) is 0 Å². The number of methoxy groups -OCH3 is 1. The van der Waals surface area contributed by atoms with Crippen molar-refractivity contribution >= 4 is 0 Å². The molecule has 0 N–H and O–H groups in total. The number of hydrogen-bond acceptors (Lipinski definition) is 4. The van der Waals surface area contributed by atoms with Gasteiger partial charge in [0.25, 0.3) is 0 Å². The molecule has 2 rings (SSSR count). The summed E-state index contributed by atoms with van der Waals surface area (Å²) in [7, 11) is 1.63. The van der Waals surface area contributed by atoms with Gasteiger partial charge in [-0.25, -0.2) is 0 Å². The first kappa shape index (κ1) is 9.40. The monoisotopic (exact) mass is 188 g/mol. The average Bonchev–Trinajstić information content (AvgIpc) is 2.37. The SMILES string of the molecule is CO[C@@H]1OCC[C@H]2OC(C)(C)O[C@@H]12. The molecule has 0 aromatic carbocycles. The highest BCUT2D eigenvalue weighted by molar-refractivity contribution is 4.86. The minimum atomic E-state index is -0.500. The molecule has 76 valence electrons. The van der Waals surface area contributed by atoms with E-state index >= 15 is 0 Å². The summed E-state index contributed by atoms with van der Waals surface area (Å²) < 4.78 is 22.0. The van der Waals surface area contributed by atoms with Gasteiger partial charge in [-0.05, 0) is 20.3 Å². The molecular formula is C9H16O4. The maximum absolute atomic E-state index is 5.70. The van der Waals surface area contributed by atoms with Crippen molar-refractivity contribution in [2.24, 2.45) is 0 Å². The van der Waals surface area contributed by atoms with E-state index in [1.54, 1.807) is 7.11 Å². The highest BCUT2D eigenvalue weighted by Crippen LogP contribution is 2.35. The van der Waals surface area contributed by atoms with Crippen molar-refractivity contribution in [2.45, 2.75) is 44.6 Å². The van der Waals surface area contributed by atoms with Crippen molar-refractivity contribution in [3.05, 3.63) is 0 Å². The minimum Gasteiger partial charge on any atom is -0.353 e. The molecule has 4 heteroatoms. The standard InChI is InChI=1S/C9H16O4/c1-9(2)12-6-4-5-11-8(10-3)7(6)13-9/h6-8H,4-5H2,1-3H3/t6-,7-,8-/m1/s1. The molecule has 0 aliphatic carbocycles. The second-order valence-corrected chi connectivity index (χ2v) is 3.90. The van der Waals surface area contributed by atoms with Crippen molar-refractivity contribution in [2.75, 3.05) is 13.7 Å².